The number of halogens is 3. The van der Waals surface area contributed by atoms with Crippen molar-refractivity contribution in [3.8, 4) is 0 Å². The van der Waals surface area contributed by atoms with Gasteiger partial charge in [0.15, 0.2) is 0 Å². The summed E-state index contributed by atoms with van der Waals surface area (Å²) in [7, 11) is 0. The van der Waals surface area contributed by atoms with Crippen LogP contribution in [0.3, 0.4) is 0 Å². The fraction of sp³-hybridized carbons (Fsp3) is 0.500. The Morgan fingerprint density at radius 1 is 1.40 bits per heavy atom. The number of carbonyl (C=O) groups is 1. The van der Waals surface area contributed by atoms with Crippen molar-refractivity contribution >= 4 is 11.6 Å². The van der Waals surface area contributed by atoms with Crippen LogP contribution in [0.4, 0.5) is 18.9 Å². The first-order valence-corrected chi connectivity index (χ1v) is 6.51. The van der Waals surface area contributed by atoms with Crippen LogP contribution in [0.2, 0.25) is 0 Å². The van der Waals surface area contributed by atoms with Crippen LogP contribution in [0.25, 0.3) is 0 Å². The first kappa shape index (κ1) is 14.7. The van der Waals surface area contributed by atoms with E-state index in [9.17, 15) is 18.0 Å². The zero-order valence-electron chi connectivity index (χ0n) is 11.2. The quantitative estimate of drug-likeness (QED) is 0.807. The molecule has 0 bridgehead atoms. The molecule has 3 nitrogen and oxygen atoms in total. The second kappa shape index (κ2) is 5.34. The Bertz CT molecular complexity index is 514. The molecule has 1 saturated heterocycles. The van der Waals surface area contributed by atoms with Crippen LogP contribution >= 0.6 is 0 Å². The van der Waals surface area contributed by atoms with Crippen molar-refractivity contribution in [2.45, 2.75) is 25.9 Å². The topological polar surface area (TPSA) is 46.3 Å². The van der Waals surface area contributed by atoms with Gasteiger partial charge in [-0.25, -0.2) is 0 Å². The van der Waals surface area contributed by atoms with Crippen LogP contribution in [-0.4, -0.2) is 30.1 Å². The number of nitrogens with zero attached hydrogens (tertiary/aromatic N) is 1. The van der Waals surface area contributed by atoms with Crippen LogP contribution in [-0.2, 0) is 0 Å². The molecule has 2 rings (SSSR count). The summed E-state index contributed by atoms with van der Waals surface area (Å²) in [5, 5.41) is 0. The number of carbonyl (C=O) groups excluding carboxylic acids is 1. The van der Waals surface area contributed by atoms with Gasteiger partial charge in [-0.05, 0) is 37.5 Å². The largest absolute Gasteiger partial charge is 0.398 e. The van der Waals surface area contributed by atoms with Crippen LogP contribution < -0.4 is 5.73 Å². The van der Waals surface area contributed by atoms with E-state index in [0.29, 0.717) is 29.8 Å². The normalized spacial score (nSPS) is 20.0. The van der Waals surface area contributed by atoms with E-state index in [2.05, 4.69) is 0 Å². The minimum Gasteiger partial charge on any atom is -0.398 e. The van der Waals surface area contributed by atoms with Gasteiger partial charge in [-0.3, -0.25) is 4.79 Å². The predicted molar refractivity (Wildman–Crippen MR) is 70.3 cm³/mol. The summed E-state index contributed by atoms with van der Waals surface area (Å²) in [6.45, 7) is 1.80. The molecule has 1 unspecified atom stereocenters. The van der Waals surface area contributed by atoms with E-state index in [1.807, 2.05) is 0 Å². The molecule has 1 amide bonds. The molecular formula is C14H17F3N2O. The zero-order valence-corrected chi connectivity index (χ0v) is 11.2. The highest BCUT2D eigenvalue weighted by Gasteiger charge is 2.42. The third-order valence-corrected chi connectivity index (χ3v) is 3.78. The lowest BCUT2D eigenvalue weighted by Gasteiger charge is -2.34. The smallest absolute Gasteiger partial charge is 0.393 e. The van der Waals surface area contributed by atoms with Gasteiger partial charge in [0, 0.05) is 24.3 Å². The Kier molecular flexibility index (Phi) is 3.92. The maximum absolute atomic E-state index is 12.8. The van der Waals surface area contributed by atoms with E-state index in [0.717, 1.165) is 0 Å². The van der Waals surface area contributed by atoms with Crippen molar-refractivity contribution < 1.29 is 18.0 Å². The molecule has 1 atom stereocenters. The van der Waals surface area contributed by atoms with E-state index >= 15 is 0 Å². The number of benzene rings is 1. The lowest BCUT2D eigenvalue weighted by Crippen LogP contribution is -2.44. The number of likely N-dealkylation sites (tertiary alicyclic amines) is 1. The first-order valence-electron chi connectivity index (χ1n) is 6.51. The number of amides is 1. The van der Waals surface area contributed by atoms with Crippen molar-refractivity contribution in [2.75, 3.05) is 18.8 Å². The third-order valence-electron chi connectivity index (χ3n) is 3.78. The van der Waals surface area contributed by atoms with Gasteiger partial charge in [0.05, 0.1) is 5.92 Å². The highest BCUT2D eigenvalue weighted by Crippen LogP contribution is 2.33. The summed E-state index contributed by atoms with van der Waals surface area (Å²) in [6.07, 6.45) is -3.79. The average molecular weight is 286 g/mol. The molecule has 0 aliphatic carbocycles. The van der Waals surface area contributed by atoms with Crippen molar-refractivity contribution in [3.05, 3.63) is 29.3 Å². The summed E-state index contributed by atoms with van der Waals surface area (Å²) < 4.78 is 38.3. The summed E-state index contributed by atoms with van der Waals surface area (Å²) in [4.78, 5) is 13.6. The van der Waals surface area contributed by atoms with E-state index in [4.69, 9.17) is 5.73 Å². The Labute approximate surface area is 115 Å². The molecule has 1 aromatic carbocycles. The molecule has 1 aliphatic heterocycles. The standard InChI is InChI=1S/C14H17F3N2O/c1-9-11(5-2-6-12(9)18)13(20)19-7-3-4-10(8-19)14(15,16)17/h2,5-6,10H,3-4,7-8,18H2,1H3. The van der Waals surface area contributed by atoms with Gasteiger partial charge in [0.25, 0.3) is 5.91 Å². The number of rotatable bonds is 1. The minimum atomic E-state index is -4.25. The number of hydrogen-bond acceptors (Lipinski definition) is 2. The summed E-state index contributed by atoms with van der Waals surface area (Å²) in [5.74, 6) is -1.80. The number of hydrogen-bond donors (Lipinski definition) is 1. The van der Waals surface area contributed by atoms with E-state index in [1.165, 1.54) is 4.90 Å². The van der Waals surface area contributed by atoms with Gasteiger partial charge in [-0.1, -0.05) is 6.07 Å². The lowest BCUT2D eigenvalue weighted by molar-refractivity contribution is -0.184. The van der Waals surface area contributed by atoms with Crippen molar-refractivity contribution in [3.63, 3.8) is 0 Å². The van der Waals surface area contributed by atoms with E-state index < -0.39 is 12.1 Å². The molecule has 1 aliphatic rings. The first-order chi connectivity index (χ1) is 9.30. The third kappa shape index (κ3) is 2.89. The second-order valence-corrected chi connectivity index (χ2v) is 5.15. The molecule has 1 aromatic rings. The molecule has 110 valence electrons. The number of alkyl halides is 3. The van der Waals surface area contributed by atoms with Crippen molar-refractivity contribution in [2.24, 2.45) is 5.92 Å². The highest BCUT2D eigenvalue weighted by molar-refractivity contribution is 5.97. The molecule has 0 radical (unpaired) electrons. The molecule has 0 aromatic heterocycles. The van der Waals surface area contributed by atoms with E-state index in [-0.39, 0.29) is 18.9 Å². The molecule has 1 fully saturated rings. The lowest BCUT2D eigenvalue weighted by atomic mass is 9.96. The maximum Gasteiger partial charge on any atom is 0.393 e. The van der Waals surface area contributed by atoms with Crippen molar-refractivity contribution in [1.82, 2.24) is 4.90 Å². The fourth-order valence-electron chi connectivity index (χ4n) is 2.48. The Balaban J connectivity index is 2.19. The molecule has 0 saturated carbocycles. The van der Waals surface area contributed by atoms with Gasteiger partial charge in [-0.2, -0.15) is 13.2 Å². The van der Waals surface area contributed by atoms with Crippen LogP contribution in [0.1, 0.15) is 28.8 Å². The summed E-state index contributed by atoms with van der Waals surface area (Å²) in [6, 6.07) is 4.91. The number of nitrogens with two attached hydrogens (primary N) is 1. The van der Waals surface area contributed by atoms with Gasteiger partial charge in [-0.15, -0.1) is 0 Å². The fourth-order valence-corrected chi connectivity index (χ4v) is 2.48. The van der Waals surface area contributed by atoms with E-state index in [1.54, 1.807) is 25.1 Å². The van der Waals surface area contributed by atoms with Gasteiger partial charge in [0.2, 0.25) is 0 Å². The Hall–Kier alpha value is -1.72. The number of piperidine rings is 1. The molecular weight excluding hydrogens is 269 g/mol. The predicted octanol–water partition coefficient (Wildman–Crippen LogP) is 2.99. The molecule has 6 heteroatoms. The number of nitrogen functional groups attached to an aromatic ring is 1. The zero-order chi connectivity index (χ0) is 14.9. The number of anilines is 1. The molecule has 20 heavy (non-hydrogen) atoms. The Morgan fingerprint density at radius 2 is 2.10 bits per heavy atom. The van der Waals surface area contributed by atoms with Gasteiger partial charge < -0.3 is 10.6 Å². The van der Waals surface area contributed by atoms with Crippen molar-refractivity contribution in [1.29, 1.82) is 0 Å². The summed E-state index contributed by atoms with van der Waals surface area (Å²) in [5.41, 5.74) is 7.21. The molecule has 0 spiro atoms. The molecule has 2 N–H and O–H groups in total. The van der Waals surface area contributed by atoms with Crippen LogP contribution in [0.15, 0.2) is 18.2 Å². The average Bonchev–Trinajstić information content (AvgIpc) is 2.40. The van der Waals surface area contributed by atoms with Gasteiger partial charge >= 0.3 is 6.18 Å². The van der Waals surface area contributed by atoms with Gasteiger partial charge in [0.1, 0.15) is 0 Å². The Morgan fingerprint density at radius 3 is 2.75 bits per heavy atom. The minimum absolute atomic E-state index is 0.0865. The SMILES string of the molecule is Cc1c(N)cccc1C(=O)N1CCCC(C(F)(F)F)C1. The maximum atomic E-state index is 12.8. The second-order valence-electron chi connectivity index (χ2n) is 5.15. The monoisotopic (exact) mass is 286 g/mol. The molecule has 1 heterocycles. The van der Waals surface area contributed by atoms with Crippen LogP contribution in [0, 0.1) is 12.8 Å². The highest BCUT2D eigenvalue weighted by atomic mass is 19.4. The van der Waals surface area contributed by atoms with Crippen LogP contribution in [0.5, 0.6) is 0 Å². The summed E-state index contributed by atoms with van der Waals surface area (Å²) >= 11 is 0.